The number of hydrogen-bond acceptors (Lipinski definition) is 3. The van der Waals surface area contributed by atoms with E-state index in [4.69, 9.17) is 23.2 Å². The van der Waals surface area contributed by atoms with Gasteiger partial charge in [-0.05, 0) is 36.8 Å². The van der Waals surface area contributed by atoms with E-state index in [0.717, 1.165) is 35.1 Å². The summed E-state index contributed by atoms with van der Waals surface area (Å²) in [6.45, 7) is 4.86. The molecule has 0 unspecified atom stereocenters. The monoisotopic (exact) mass is 402 g/mol. The number of hydrogen-bond donors (Lipinski definition) is 0. The normalized spacial score (nSPS) is 14.8. The SMILES string of the molecule is CCc1nc2ccc(Cl)cn2c1C(=O)N1CCN(c2cccc(Cl)c2)CC1. The van der Waals surface area contributed by atoms with E-state index in [-0.39, 0.29) is 5.91 Å². The molecule has 0 bridgehead atoms. The molecule has 140 valence electrons. The Kier molecular flexibility index (Phi) is 4.98. The van der Waals surface area contributed by atoms with E-state index in [0.29, 0.717) is 30.2 Å². The highest BCUT2D eigenvalue weighted by molar-refractivity contribution is 6.31. The number of aromatic nitrogens is 2. The average molecular weight is 403 g/mol. The van der Waals surface area contributed by atoms with E-state index in [2.05, 4.69) is 9.88 Å². The predicted molar refractivity (Wildman–Crippen MR) is 109 cm³/mol. The summed E-state index contributed by atoms with van der Waals surface area (Å²) in [5.74, 6) is 0.00682. The second-order valence-electron chi connectivity index (χ2n) is 6.60. The van der Waals surface area contributed by atoms with Crippen molar-refractivity contribution in [1.82, 2.24) is 14.3 Å². The molecule has 1 amide bonds. The van der Waals surface area contributed by atoms with Crippen molar-refractivity contribution in [1.29, 1.82) is 0 Å². The number of fused-ring (bicyclic) bond motifs is 1. The van der Waals surface area contributed by atoms with Gasteiger partial charge in [0.05, 0.1) is 10.7 Å². The van der Waals surface area contributed by atoms with E-state index in [9.17, 15) is 4.79 Å². The lowest BCUT2D eigenvalue weighted by Gasteiger charge is -2.36. The molecule has 2 aromatic heterocycles. The van der Waals surface area contributed by atoms with Gasteiger partial charge in [0.15, 0.2) is 0 Å². The first kappa shape index (κ1) is 18.1. The van der Waals surface area contributed by atoms with Crippen LogP contribution in [-0.4, -0.2) is 46.4 Å². The molecule has 1 aliphatic rings. The lowest BCUT2D eigenvalue weighted by Crippen LogP contribution is -2.49. The van der Waals surface area contributed by atoms with E-state index < -0.39 is 0 Å². The van der Waals surface area contributed by atoms with Crippen LogP contribution in [0.2, 0.25) is 10.0 Å². The number of carbonyl (C=O) groups is 1. The molecule has 0 spiro atoms. The van der Waals surface area contributed by atoms with Crippen LogP contribution >= 0.6 is 23.2 Å². The van der Waals surface area contributed by atoms with E-state index >= 15 is 0 Å². The molecule has 0 radical (unpaired) electrons. The van der Waals surface area contributed by atoms with Gasteiger partial charge in [-0.2, -0.15) is 0 Å². The molecule has 27 heavy (non-hydrogen) atoms. The zero-order chi connectivity index (χ0) is 19.0. The Morgan fingerprint density at radius 1 is 1.07 bits per heavy atom. The van der Waals surface area contributed by atoms with Gasteiger partial charge in [0.2, 0.25) is 0 Å². The molecule has 5 nitrogen and oxygen atoms in total. The van der Waals surface area contributed by atoms with Gasteiger partial charge in [-0.15, -0.1) is 0 Å². The van der Waals surface area contributed by atoms with Crippen LogP contribution in [0.3, 0.4) is 0 Å². The van der Waals surface area contributed by atoms with Crippen molar-refractivity contribution in [3.05, 3.63) is 64.0 Å². The van der Waals surface area contributed by atoms with Gasteiger partial charge in [0.1, 0.15) is 11.3 Å². The summed E-state index contributed by atoms with van der Waals surface area (Å²) >= 11 is 12.2. The van der Waals surface area contributed by atoms with Crippen LogP contribution < -0.4 is 4.90 Å². The van der Waals surface area contributed by atoms with Gasteiger partial charge in [-0.1, -0.05) is 36.2 Å². The maximum Gasteiger partial charge on any atom is 0.272 e. The molecule has 0 N–H and O–H groups in total. The fourth-order valence-corrected chi connectivity index (χ4v) is 3.88. The number of pyridine rings is 1. The fraction of sp³-hybridized carbons (Fsp3) is 0.300. The Bertz CT molecular complexity index is 993. The van der Waals surface area contributed by atoms with Crippen molar-refractivity contribution in [2.24, 2.45) is 0 Å². The molecule has 1 fully saturated rings. The number of anilines is 1. The predicted octanol–water partition coefficient (Wildman–Crippen LogP) is 4.17. The smallest absolute Gasteiger partial charge is 0.272 e. The summed E-state index contributed by atoms with van der Waals surface area (Å²) in [6, 6.07) is 11.5. The van der Waals surface area contributed by atoms with Gasteiger partial charge in [0.25, 0.3) is 5.91 Å². The highest BCUT2D eigenvalue weighted by Gasteiger charge is 2.27. The average Bonchev–Trinajstić information content (AvgIpc) is 3.05. The number of halogens is 2. The first-order chi connectivity index (χ1) is 13.1. The largest absolute Gasteiger partial charge is 0.368 e. The minimum absolute atomic E-state index is 0.00682. The van der Waals surface area contributed by atoms with Gasteiger partial charge < -0.3 is 9.80 Å². The fourth-order valence-electron chi connectivity index (χ4n) is 3.53. The Morgan fingerprint density at radius 3 is 2.56 bits per heavy atom. The third-order valence-corrected chi connectivity index (χ3v) is 5.39. The molecule has 1 saturated heterocycles. The van der Waals surface area contributed by atoms with E-state index in [1.165, 1.54) is 0 Å². The van der Waals surface area contributed by atoms with Crippen LogP contribution in [0.1, 0.15) is 23.1 Å². The summed E-state index contributed by atoms with van der Waals surface area (Å²) in [5, 5.41) is 1.31. The molecule has 1 aromatic carbocycles. The standard InChI is InChI=1S/C20H20Cl2N4O/c1-2-17-19(26-13-15(22)6-7-18(26)23-17)20(27)25-10-8-24(9-11-25)16-5-3-4-14(21)12-16/h3-7,12-13H,2,8-11H2,1H3. The minimum atomic E-state index is 0.00682. The van der Waals surface area contributed by atoms with Gasteiger partial charge in [-0.25, -0.2) is 4.98 Å². The molecule has 1 aliphatic heterocycles. The first-order valence-electron chi connectivity index (χ1n) is 9.03. The van der Waals surface area contributed by atoms with Crippen LogP contribution in [0.5, 0.6) is 0 Å². The van der Waals surface area contributed by atoms with Crippen molar-refractivity contribution in [2.75, 3.05) is 31.1 Å². The summed E-state index contributed by atoms with van der Waals surface area (Å²) in [5.41, 5.74) is 3.26. The Labute approximate surface area is 168 Å². The molecular formula is C20H20Cl2N4O. The summed E-state index contributed by atoms with van der Waals surface area (Å²) < 4.78 is 1.81. The Hall–Kier alpha value is -2.24. The molecule has 7 heteroatoms. The van der Waals surface area contributed by atoms with E-state index in [1.807, 2.05) is 46.6 Å². The third-order valence-electron chi connectivity index (χ3n) is 4.93. The number of aryl methyl sites for hydroxylation is 1. The molecular weight excluding hydrogens is 383 g/mol. The quantitative estimate of drug-likeness (QED) is 0.659. The van der Waals surface area contributed by atoms with Gasteiger partial charge in [0, 0.05) is 43.1 Å². The summed E-state index contributed by atoms with van der Waals surface area (Å²) in [6.07, 6.45) is 2.46. The highest BCUT2D eigenvalue weighted by Crippen LogP contribution is 2.23. The first-order valence-corrected chi connectivity index (χ1v) is 9.78. The highest BCUT2D eigenvalue weighted by atomic mass is 35.5. The van der Waals surface area contributed by atoms with Crippen LogP contribution in [0.25, 0.3) is 5.65 Å². The van der Waals surface area contributed by atoms with Crippen LogP contribution in [-0.2, 0) is 6.42 Å². The maximum atomic E-state index is 13.2. The molecule has 0 saturated carbocycles. The second kappa shape index (κ2) is 7.41. The molecule has 3 aromatic rings. The van der Waals surface area contributed by atoms with Crippen molar-refractivity contribution in [3.63, 3.8) is 0 Å². The Morgan fingerprint density at radius 2 is 1.85 bits per heavy atom. The number of carbonyl (C=O) groups excluding carboxylic acids is 1. The number of benzene rings is 1. The lowest BCUT2D eigenvalue weighted by molar-refractivity contribution is 0.0738. The van der Waals surface area contributed by atoms with Crippen LogP contribution in [0.4, 0.5) is 5.69 Å². The van der Waals surface area contributed by atoms with Crippen molar-refractivity contribution in [3.8, 4) is 0 Å². The molecule has 0 atom stereocenters. The number of amides is 1. The number of imidazole rings is 1. The van der Waals surface area contributed by atoms with Crippen molar-refractivity contribution < 1.29 is 4.79 Å². The number of rotatable bonds is 3. The maximum absolute atomic E-state index is 13.2. The van der Waals surface area contributed by atoms with Crippen molar-refractivity contribution >= 4 is 40.4 Å². The van der Waals surface area contributed by atoms with Gasteiger partial charge in [-0.3, -0.25) is 9.20 Å². The number of piperazine rings is 1. The summed E-state index contributed by atoms with van der Waals surface area (Å²) in [7, 11) is 0. The molecule has 4 rings (SSSR count). The summed E-state index contributed by atoms with van der Waals surface area (Å²) in [4.78, 5) is 22.0. The molecule has 3 heterocycles. The Balaban J connectivity index is 1.56. The van der Waals surface area contributed by atoms with E-state index in [1.54, 1.807) is 12.3 Å². The van der Waals surface area contributed by atoms with Gasteiger partial charge >= 0.3 is 0 Å². The topological polar surface area (TPSA) is 40.9 Å². The van der Waals surface area contributed by atoms with Crippen molar-refractivity contribution in [2.45, 2.75) is 13.3 Å². The number of nitrogens with zero attached hydrogens (tertiary/aromatic N) is 4. The second-order valence-corrected chi connectivity index (χ2v) is 7.47. The minimum Gasteiger partial charge on any atom is -0.368 e. The van der Waals surface area contributed by atoms with Crippen LogP contribution in [0.15, 0.2) is 42.6 Å². The third kappa shape index (κ3) is 3.49. The van der Waals surface area contributed by atoms with Crippen LogP contribution in [0, 0.1) is 0 Å². The molecule has 0 aliphatic carbocycles. The zero-order valence-corrected chi connectivity index (χ0v) is 16.5. The zero-order valence-electron chi connectivity index (χ0n) is 15.0. The lowest BCUT2D eigenvalue weighted by atomic mass is 10.2.